The van der Waals surface area contributed by atoms with Crippen LogP contribution in [0.2, 0.25) is 0 Å². The Balaban J connectivity index is 2.79. The van der Waals surface area contributed by atoms with Gasteiger partial charge in [-0.05, 0) is 25.0 Å². The van der Waals surface area contributed by atoms with Crippen LogP contribution in [0.25, 0.3) is 0 Å². The number of pyridine rings is 1. The Morgan fingerprint density at radius 3 is 2.65 bits per heavy atom. The number of nitrogens with one attached hydrogen (secondary N) is 2. The standard InChI is InChI=1S/C10H17N3O3S/c1-7(2)6-11-17(15,16)13-10-9(14)5-4-8(3)12-10/h4-5,7,11,14H,6H2,1-3H3,(H,12,13). The van der Waals surface area contributed by atoms with Crippen molar-refractivity contribution >= 4 is 16.0 Å². The summed E-state index contributed by atoms with van der Waals surface area (Å²) in [6.07, 6.45) is 0. The Morgan fingerprint density at radius 2 is 2.06 bits per heavy atom. The molecule has 7 heteroatoms. The van der Waals surface area contributed by atoms with Gasteiger partial charge < -0.3 is 5.11 Å². The van der Waals surface area contributed by atoms with E-state index >= 15 is 0 Å². The molecule has 6 nitrogen and oxygen atoms in total. The summed E-state index contributed by atoms with van der Waals surface area (Å²) in [5, 5.41) is 9.46. The van der Waals surface area contributed by atoms with Gasteiger partial charge in [0.05, 0.1) is 0 Å². The van der Waals surface area contributed by atoms with Crippen LogP contribution >= 0.6 is 0 Å². The molecule has 0 unspecified atom stereocenters. The number of aromatic hydroxyl groups is 1. The second-order valence-electron chi connectivity index (χ2n) is 4.17. The monoisotopic (exact) mass is 259 g/mol. The van der Waals surface area contributed by atoms with Crippen LogP contribution in [0, 0.1) is 12.8 Å². The van der Waals surface area contributed by atoms with E-state index in [1.165, 1.54) is 6.07 Å². The molecule has 96 valence electrons. The van der Waals surface area contributed by atoms with E-state index in [0.717, 1.165) is 0 Å². The lowest BCUT2D eigenvalue weighted by Gasteiger charge is -2.11. The second-order valence-corrected chi connectivity index (χ2v) is 5.67. The molecule has 0 bridgehead atoms. The number of hydrogen-bond acceptors (Lipinski definition) is 4. The molecule has 0 fully saturated rings. The lowest BCUT2D eigenvalue weighted by Crippen LogP contribution is -2.33. The summed E-state index contributed by atoms with van der Waals surface area (Å²) in [5.41, 5.74) is 0.615. The number of anilines is 1. The normalized spacial score (nSPS) is 11.8. The summed E-state index contributed by atoms with van der Waals surface area (Å²) in [4.78, 5) is 3.90. The number of hydrogen-bond donors (Lipinski definition) is 3. The molecule has 17 heavy (non-hydrogen) atoms. The van der Waals surface area contributed by atoms with Crippen LogP contribution in [0.4, 0.5) is 5.82 Å². The van der Waals surface area contributed by atoms with E-state index in [2.05, 4.69) is 14.4 Å². The van der Waals surface area contributed by atoms with Crippen molar-refractivity contribution in [3.8, 4) is 5.75 Å². The molecule has 0 atom stereocenters. The zero-order valence-corrected chi connectivity index (χ0v) is 10.9. The summed E-state index contributed by atoms with van der Waals surface area (Å²) in [6.45, 7) is 5.82. The molecular formula is C10H17N3O3S. The minimum absolute atomic E-state index is 0.0683. The largest absolute Gasteiger partial charge is 0.504 e. The summed E-state index contributed by atoms with van der Waals surface area (Å²) < 4.78 is 27.7. The molecule has 1 aromatic rings. The van der Waals surface area contributed by atoms with Gasteiger partial charge in [-0.1, -0.05) is 13.8 Å². The van der Waals surface area contributed by atoms with Crippen molar-refractivity contribution in [2.75, 3.05) is 11.3 Å². The zero-order chi connectivity index (χ0) is 13.1. The van der Waals surface area contributed by atoms with E-state index in [1.807, 2.05) is 13.8 Å². The molecule has 1 heterocycles. The highest BCUT2D eigenvalue weighted by molar-refractivity contribution is 7.90. The lowest BCUT2D eigenvalue weighted by molar-refractivity contribution is 0.475. The van der Waals surface area contributed by atoms with Gasteiger partial charge in [-0.3, -0.25) is 4.72 Å². The Kier molecular flexibility index (Phi) is 4.30. The van der Waals surface area contributed by atoms with E-state index in [9.17, 15) is 13.5 Å². The van der Waals surface area contributed by atoms with Crippen LogP contribution in [0.5, 0.6) is 5.75 Å². The van der Waals surface area contributed by atoms with Gasteiger partial charge in [0.1, 0.15) is 0 Å². The summed E-state index contributed by atoms with van der Waals surface area (Å²) in [5.74, 6) is -0.0718. The van der Waals surface area contributed by atoms with Crippen molar-refractivity contribution in [1.82, 2.24) is 9.71 Å². The van der Waals surface area contributed by atoms with Crippen LogP contribution in [-0.2, 0) is 10.2 Å². The van der Waals surface area contributed by atoms with E-state index in [1.54, 1.807) is 13.0 Å². The maximum absolute atomic E-state index is 11.6. The van der Waals surface area contributed by atoms with Crippen LogP contribution in [0.15, 0.2) is 12.1 Å². The third kappa shape index (κ3) is 4.58. The van der Waals surface area contributed by atoms with Gasteiger partial charge in [0.15, 0.2) is 11.6 Å². The van der Waals surface area contributed by atoms with Gasteiger partial charge in [-0.2, -0.15) is 13.1 Å². The molecule has 0 amide bonds. The van der Waals surface area contributed by atoms with Crippen molar-refractivity contribution in [2.45, 2.75) is 20.8 Å². The van der Waals surface area contributed by atoms with Crippen molar-refractivity contribution in [3.63, 3.8) is 0 Å². The molecule has 0 aromatic carbocycles. The average molecular weight is 259 g/mol. The van der Waals surface area contributed by atoms with Crippen molar-refractivity contribution in [1.29, 1.82) is 0 Å². The van der Waals surface area contributed by atoms with Crippen molar-refractivity contribution < 1.29 is 13.5 Å². The van der Waals surface area contributed by atoms with Gasteiger partial charge in [-0.25, -0.2) is 4.98 Å². The van der Waals surface area contributed by atoms with Crippen LogP contribution in [0.1, 0.15) is 19.5 Å². The van der Waals surface area contributed by atoms with Crippen LogP contribution in [-0.4, -0.2) is 25.1 Å². The first-order valence-electron chi connectivity index (χ1n) is 5.24. The smallest absolute Gasteiger partial charge is 0.300 e. The first kappa shape index (κ1) is 13.7. The molecule has 0 saturated heterocycles. The van der Waals surface area contributed by atoms with Crippen LogP contribution in [0.3, 0.4) is 0 Å². The number of aryl methyl sites for hydroxylation is 1. The minimum atomic E-state index is -3.69. The summed E-state index contributed by atoms with van der Waals surface area (Å²) in [7, 11) is -3.69. The maximum Gasteiger partial charge on any atom is 0.300 e. The zero-order valence-electron chi connectivity index (χ0n) is 10.1. The first-order chi connectivity index (χ1) is 7.80. The van der Waals surface area contributed by atoms with E-state index < -0.39 is 10.2 Å². The highest BCUT2D eigenvalue weighted by Gasteiger charge is 2.13. The number of rotatable bonds is 5. The molecule has 0 spiro atoms. The Bertz CT molecular complexity index is 486. The van der Waals surface area contributed by atoms with Gasteiger partial charge in [0.25, 0.3) is 10.2 Å². The average Bonchev–Trinajstić information content (AvgIpc) is 2.20. The van der Waals surface area contributed by atoms with Crippen molar-refractivity contribution in [3.05, 3.63) is 17.8 Å². The molecular weight excluding hydrogens is 242 g/mol. The van der Waals surface area contributed by atoms with Gasteiger partial charge in [0, 0.05) is 12.2 Å². The first-order valence-corrected chi connectivity index (χ1v) is 6.72. The fourth-order valence-electron chi connectivity index (χ4n) is 1.06. The Labute approximate surface area is 101 Å². The molecule has 0 aliphatic carbocycles. The molecule has 1 aromatic heterocycles. The molecule has 1 rings (SSSR count). The van der Waals surface area contributed by atoms with Gasteiger partial charge in [0.2, 0.25) is 0 Å². The number of nitrogens with zero attached hydrogens (tertiary/aromatic N) is 1. The predicted molar refractivity (Wildman–Crippen MR) is 66.0 cm³/mol. The highest BCUT2D eigenvalue weighted by Crippen LogP contribution is 2.20. The molecule has 0 aliphatic heterocycles. The fraction of sp³-hybridized carbons (Fsp3) is 0.500. The second kappa shape index (κ2) is 5.33. The summed E-state index contributed by atoms with van der Waals surface area (Å²) >= 11 is 0. The number of aromatic nitrogens is 1. The molecule has 0 radical (unpaired) electrons. The highest BCUT2D eigenvalue weighted by atomic mass is 32.2. The Hall–Kier alpha value is -1.34. The van der Waals surface area contributed by atoms with E-state index in [-0.39, 0.29) is 17.5 Å². The maximum atomic E-state index is 11.6. The lowest BCUT2D eigenvalue weighted by atomic mass is 10.2. The van der Waals surface area contributed by atoms with E-state index in [0.29, 0.717) is 12.2 Å². The van der Waals surface area contributed by atoms with Crippen LogP contribution < -0.4 is 9.44 Å². The topological polar surface area (TPSA) is 91.3 Å². The third-order valence-corrected chi connectivity index (χ3v) is 2.93. The fourth-order valence-corrected chi connectivity index (χ4v) is 2.09. The quantitative estimate of drug-likeness (QED) is 0.735. The third-order valence-electron chi connectivity index (χ3n) is 1.93. The van der Waals surface area contributed by atoms with Gasteiger partial charge in [-0.15, -0.1) is 0 Å². The SMILES string of the molecule is Cc1ccc(O)c(NS(=O)(=O)NCC(C)C)n1. The molecule has 0 aliphatic rings. The molecule has 0 saturated carbocycles. The predicted octanol–water partition coefficient (Wildman–Crippen LogP) is 0.998. The molecule has 3 N–H and O–H groups in total. The van der Waals surface area contributed by atoms with E-state index in [4.69, 9.17) is 0 Å². The Morgan fingerprint density at radius 1 is 1.41 bits per heavy atom. The van der Waals surface area contributed by atoms with Crippen molar-refractivity contribution in [2.24, 2.45) is 5.92 Å². The van der Waals surface area contributed by atoms with Gasteiger partial charge >= 0.3 is 0 Å². The summed E-state index contributed by atoms with van der Waals surface area (Å²) in [6, 6.07) is 2.98. The minimum Gasteiger partial charge on any atom is -0.504 e.